The average Bonchev–Trinajstić information content (AvgIpc) is 2.95. The van der Waals surface area contributed by atoms with Gasteiger partial charge in [-0.05, 0) is 37.5 Å². The number of hydrogen-bond donors (Lipinski definition) is 1. The summed E-state index contributed by atoms with van der Waals surface area (Å²) in [4.78, 5) is 0. The molecule has 0 amide bonds. The molecule has 2 N–H and O–H groups in total. The third-order valence-electron chi connectivity index (χ3n) is 3.30. The van der Waals surface area contributed by atoms with Crippen LogP contribution in [0.15, 0.2) is 24.3 Å². The van der Waals surface area contributed by atoms with Gasteiger partial charge in [-0.3, -0.25) is 0 Å². The zero-order chi connectivity index (χ0) is 12.7. The molecule has 94 valence electrons. The summed E-state index contributed by atoms with van der Waals surface area (Å²) in [7, 11) is 0. The Balaban J connectivity index is 2.24. The molecule has 2 rings (SSSR count). The molecule has 0 saturated heterocycles. The van der Waals surface area contributed by atoms with Crippen molar-refractivity contribution in [2.75, 3.05) is 0 Å². The Morgan fingerprint density at radius 2 is 2.00 bits per heavy atom. The first kappa shape index (κ1) is 12.2. The molecule has 1 unspecified atom stereocenters. The van der Waals surface area contributed by atoms with Crippen molar-refractivity contribution in [2.45, 2.75) is 37.6 Å². The summed E-state index contributed by atoms with van der Waals surface area (Å²) >= 11 is 0. The van der Waals surface area contributed by atoms with Crippen LogP contribution in [0.4, 0.5) is 13.2 Å². The summed E-state index contributed by atoms with van der Waals surface area (Å²) in [6.45, 7) is 1.88. The second-order valence-electron chi connectivity index (χ2n) is 4.52. The van der Waals surface area contributed by atoms with Gasteiger partial charge in [-0.2, -0.15) is 0 Å². The molecule has 1 atom stereocenters. The van der Waals surface area contributed by atoms with Crippen LogP contribution < -0.4 is 10.5 Å². The van der Waals surface area contributed by atoms with Gasteiger partial charge >= 0.3 is 6.36 Å². The largest absolute Gasteiger partial charge is 0.573 e. The first-order chi connectivity index (χ1) is 7.83. The minimum absolute atomic E-state index is 0.0661. The molecular formula is C12H14F3NO. The highest BCUT2D eigenvalue weighted by Gasteiger charge is 2.47. The van der Waals surface area contributed by atoms with Gasteiger partial charge in [0.05, 0.1) is 0 Å². The topological polar surface area (TPSA) is 35.2 Å². The number of hydrogen-bond acceptors (Lipinski definition) is 2. The van der Waals surface area contributed by atoms with Crippen LogP contribution in [0, 0.1) is 0 Å². The predicted molar refractivity (Wildman–Crippen MR) is 57.7 cm³/mol. The van der Waals surface area contributed by atoms with Gasteiger partial charge in [0, 0.05) is 11.5 Å². The average molecular weight is 245 g/mol. The standard InChI is InChI=1S/C12H14F3NO/c1-8(16)11(5-6-11)9-3-2-4-10(7-9)17-12(13,14)15/h2-4,7-8H,5-6,16H2,1H3. The summed E-state index contributed by atoms with van der Waals surface area (Å²) in [6, 6.07) is 6.04. The van der Waals surface area contributed by atoms with Gasteiger partial charge in [0.1, 0.15) is 5.75 Å². The lowest BCUT2D eigenvalue weighted by atomic mass is 9.89. The molecule has 0 aromatic heterocycles. The maximum atomic E-state index is 12.1. The highest BCUT2D eigenvalue weighted by atomic mass is 19.4. The van der Waals surface area contributed by atoms with Gasteiger partial charge in [-0.25, -0.2) is 0 Å². The summed E-state index contributed by atoms with van der Waals surface area (Å²) in [6.07, 6.45) is -2.82. The first-order valence-corrected chi connectivity index (χ1v) is 5.45. The van der Waals surface area contributed by atoms with E-state index in [0.717, 1.165) is 18.4 Å². The third kappa shape index (κ3) is 2.54. The van der Waals surface area contributed by atoms with E-state index >= 15 is 0 Å². The van der Waals surface area contributed by atoms with Crippen molar-refractivity contribution in [3.63, 3.8) is 0 Å². The first-order valence-electron chi connectivity index (χ1n) is 5.45. The van der Waals surface area contributed by atoms with Crippen LogP contribution in [-0.4, -0.2) is 12.4 Å². The van der Waals surface area contributed by atoms with Crippen LogP contribution in [0.2, 0.25) is 0 Å². The minimum Gasteiger partial charge on any atom is -0.406 e. The van der Waals surface area contributed by atoms with Crippen molar-refractivity contribution in [1.29, 1.82) is 0 Å². The molecule has 2 nitrogen and oxygen atoms in total. The quantitative estimate of drug-likeness (QED) is 0.888. The Labute approximate surface area is 97.6 Å². The van der Waals surface area contributed by atoms with E-state index in [4.69, 9.17) is 5.73 Å². The smallest absolute Gasteiger partial charge is 0.406 e. The van der Waals surface area contributed by atoms with Crippen molar-refractivity contribution < 1.29 is 17.9 Å². The highest BCUT2D eigenvalue weighted by molar-refractivity contribution is 5.39. The van der Waals surface area contributed by atoms with Crippen molar-refractivity contribution in [1.82, 2.24) is 0 Å². The lowest BCUT2D eigenvalue weighted by molar-refractivity contribution is -0.274. The zero-order valence-electron chi connectivity index (χ0n) is 9.42. The number of nitrogens with two attached hydrogens (primary N) is 1. The van der Waals surface area contributed by atoms with E-state index in [1.807, 2.05) is 6.92 Å². The lowest BCUT2D eigenvalue weighted by Crippen LogP contribution is -2.31. The third-order valence-corrected chi connectivity index (χ3v) is 3.30. The summed E-state index contributed by atoms with van der Waals surface area (Å²) in [5.74, 6) is -0.179. The van der Waals surface area contributed by atoms with Crippen molar-refractivity contribution >= 4 is 0 Å². The normalized spacial score (nSPS) is 19.8. The Bertz CT molecular complexity index is 410. The van der Waals surface area contributed by atoms with E-state index in [2.05, 4.69) is 4.74 Å². The van der Waals surface area contributed by atoms with E-state index in [9.17, 15) is 13.2 Å². The number of benzene rings is 1. The Morgan fingerprint density at radius 1 is 1.35 bits per heavy atom. The fourth-order valence-electron chi connectivity index (χ4n) is 2.14. The monoisotopic (exact) mass is 245 g/mol. The van der Waals surface area contributed by atoms with Gasteiger partial charge in [-0.15, -0.1) is 13.2 Å². The second-order valence-corrected chi connectivity index (χ2v) is 4.52. The van der Waals surface area contributed by atoms with E-state index < -0.39 is 6.36 Å². The molecule has 1 saturated carbocycles. The molecule has 1 aliphatic carbocycles. The number of rotatable bonds is 3. The second kappa shape index (κ2) is 3.91. The van der Waals surface area contributed by atoms with Crippen molar-refractivity contribution in [2.24, 2.45) is 5.73 Å². The maximum Gasteiger partial charge on any atom is 0.573 e. The molecule has 1 aromatic rings. The molecule has 1 aliphatic rings. The molecule has 0 bridgehead atoms. The van der Waals surface area contributed by atoms with E-state index in [-0.39, 0.29) is 17.2 Å². The highest BCUT2D eigenvalue weighted by Crippen LogP contribution is 2.50. The molecule has 0 radical (unpaired) electrons. The Kier molecular flexibility index (Phi) is 2.81. The Hall–Kier alpha value is -1.23. The van der Waals surface area contributed by atoms with Gasteiger partial charge in [0.15, 0.2) is 0 Å². The Morgan fingerprint density at radius 3 is 2.47 bits per heavy atom. The summed E-state index contributed by atoms with van der Waals surface area (Å²) < 4.78 is 40.2. The summed E-state index contributed by atoms with van der Waals surface area (Å²) in [5.41, 5.74) is 6.55. The number of halogens is 3. The number of alkyl halides is 3. The van der Waals surface area contributed by atoms with Gasteiger partial charge in [0.25, 0.3) is 0 Å². The van der Waals surface area contributed by atoms with Crippen LogP contribution in [0.25, 0.3) is 0 Å². The van der Waals surface area contributed by atoms with Gasteiger partial charge in [0.2, 0.25) is 0 Å². The van der Waals surface area contributed by atoms with Crippen molar-refractivity contribution in [3.05, 3.63) is 29.8 Å². The maximum absolute atomic E-state index is 12.1. The minimum atomic E-state index is -4.65. The van der Waals surface area contributed by atoms with Crippen LogP contribution in [0.1, 0.15) is 25.3 Å². The zero-order valence-corrected chi connectivity index (χ0v) is 9.42. The van der Waals surface area contributed by atoms with Gasteiger partial charge in [-0.1, -0.05) is 12.1 Å². The van der Waals surface area contributed by atoms with E-state index in [0.29, 0.717) is 0 Å². The summed E-state index contributed by atoms with van der Waals surface area (Å²) in [5, 5.41) is 0. The fraction of sp³-hybridized carbons (Fsp3) is 0.500. The van der Waals surface area contributed by atoms with Crippen LogP contribution in [0.3, 0.4) is 0 Å². The van der Waals surface area contributed by atoms with E-state index in [1.54, 1.807) is 12.1 Å². The fourth-order valence-corrected chi connectivity index (χ4v) is 2.14. The molecular weight excluding hydrogens is 231 g/mol. The van der Waals surface area contributed by atoms with Crippen molar-refractivity contribution in [3.8, 4) is 5.75 Å². The molecule has 0 heterocycles. The molecule has 5 heteroatoms. The van der Waals surface area contributed by atoms with Crippen LogP contribution in [-0.2, 0) is 5.41 Å². The van der Waals surface area contributed by atoms with E-state index in [1.165, 1.54) is 12.1 Å². The van der Waals surface area contributed by atoms with Crippen LogP contribution in [0.5, 0.6) is 5.75 Å². The lowest BCUT2D eigenvalue weighted by Gasteiger charge is -2.21. The number of ether oxygens (including phenoxy) is 1. The predicted octanol–water partition coefficient (Wildman–Crippen LogP) is 2.96. The van der Waals surface area contributed by atoms with Crippen LogP contribution >= 0.6 is 0 Å². The molecule has 0 spiro atoms. The molecule has 0 aliphatic heterocycles. The molecule has 17 heavy (non-hydrogen) atoms. The molecule has 1 aromatic carbocycles. The molecule has 1 fully saturated rings. The SMILES string of the molecule is CC(N)C1(c2cccc(OC(F)(F)F)c2)CC1. The van der Waals surface area contributed by atoms with Gasteiger partial charge < -0.3 is 10.5 Å².